The minimum atomic E-state index is -0.159. The summed E-state index contributed by atoms with van der Waals surface area (Å²) in [5.41, 5.74) is 0.858. The fraction of sp³-hybridized carbons (Fsp3) is 0.588. The second-order valence-corrected chi connectivity index (χ2v) is 6.12. The van der Waals surface area contributed by atoms with Crippen LogP contribution in [0.4, 0.5) is 5.69 Å². The van der Waals surface area contributed by atoms with E-state index in [-0.39, 0.29) is 11.9 Å². The Morgan fingerprint density at radius 1 is 1.20 bits per heavy atom. The third-order valence-electron chi connectivity index (χ3n) is 4.61. The van der Waals surface area contributed by atoms with Gasteiger partial charge in [-0.05, 0) is 37.3 Å². The summed E-state index contributed by atoms with van der Waals surface area (Å²) in [5, 5.41) is 6.46. The molecule has 20 heavy (non-hydrogen) atoms. The van der Waals surface area contributed by atoms with Gasteiger partial charge < -0.3 is 10.6 Å². The van der Waals surface area contributed by atoms with E-state index in [1.54, 1.807) is 0 Å². The molecule has 0 heterocycles. The molecule has 3 nitrogen and oxygen atoms in total. The van der Waals surface area contributed by atoms with Gasteiger partial charge in [-0.1, -0.05) is 44.9 Å². The summed E-state index contributed by atoms with van der Waals surface area (Å²) in [6.45, 7) is 6.56. The lowest BCUT2D eigenvalue weighted by molar-refractivity contribution is -0.118. The van der Waals surface area contributed by atoms with Gasteiger partial charge in [0, 0.05) is 11.7 Å². The number of nitrogens with one attached hydrogen (secondary N) is 2. The maximum Gasteiger partial charge on any atom is 0.241 e. The molecule has 3 heteroatoms. The first-order valence-electron chi connectivity index (χ1n) is 7.70. The van der Waals surface area contributed by atoms with E-state index in [9.17, 15) is 4.79 Å². The van der Waals surface area contributed by atoms with Crippen LogP contribution >= 0.6 is 0 Å². The van der Waals surface area contributed by atoms with E-state index in [1.165, 1.54) is 19.3 Å². The number of anilines is 1. The van der Waals surface area contributed by atoms with Gasteiger partial charge in [-0.25, -0.2) is 0 Å². The van der Waals surface area contributed by atoms with Crippen LogP contribution in [0.1, 0.15) is 40.0 Å². The van der Waals surface area contributed by atoms with Crippen LogP contribution in [-0.4, -0.2) is 18.0 Å². The molecule has 1 amide bonds. The van der Waals surface area contributed by atoms with Gasteiger partial charge in [-0.2, -0.15) is 0 Å². The molecule has 1 aromatic carbocycles. The first kappa shape index (κ1) is 15.0. The number of amides is 1. The smallest absolute Gasteiger partial charge is 0.241 e. The van der Waals surface area contributed by atoms with Gasteiger partial charge in [-0.3, -0.25) is 4.79 Å². The van der Waals surface area contributed by atoms with Crippen molar-refractivity contribution in [1.82, 2.24) is 5.32 Å². The summed E-state index contributed by atoms with van der Waals surface area (Å²) in [6, 6.07) is 9.93. The molecule has 0 spiro atoms. The molecule has 1 aromatic rings. The average molecular weight is 274 g/mol. The molecular weight excluding hydrogens is 248 g/mol. The zero-order chi connectivity index (χ0) is 14.5. The van der Waals surface area contributed by atoms with Crippen molar-refractivity contribution in [2.75, 3.05) is 5.32 Å². The molecule has 2 N–H and O–H groups in total. The molecule has 1 fully saturated rings. The number of hydrogen-bond donors (Lipinski definition) is 2. The Morgan fingerprint density at radius 2 is 1.90 bits per heavy atom. The van der Waals surface area contributed by atoms with Crippen LogP contribution in [-0.2, 0) is 4.79 Å². The molecular formula is C17H26N2O. The molecule has 1 aliphatic carbocycles. The lowest BCUT2D eigenvalue weighted by Gasteiger charge is -2.36. The van der Waals surface area contributed by atoms with Crippen LogP contribution in [0.5, 0.6) is 0 Å². The van der Waals surface area contributed by atoms with E-state index in [2.05, 4.69) is 24.5 Å². The number of hydrogen-bond acceptors (Lipinski definition) is 2. The lowest BCUT2D eigenvalue weighted by Crippen LogP contribution is -2.49. The summed E-state index contributed by atoms with van der Waals surface area (Å²) in [4.78, 5) is 12.2. The summed E-state index contributed by atoms with van der Waals surface area (Å²) in [5.74, 6) is 1.42. The van der Waals surface area contributed by atoms with E-state index in [1.807, 2.05) is 37.3 Å². The van der Waals surface area contributed by atoms with Crippen molar-refractivity contribution >= 4 is 11.6 Å². The highest BCUT2D eigenvalue weighted by molar-refractivity contribution is 5.94. The van der Waals surface area contributed by atoms with E-state index < -0.39 is 0 Å². The van der Waals surface area contributed by atoms with Crippen LogP contribution in [0.2, 0.25) is 0 Å². The van der Waals surface area contributed by atoms with Crippen LogP contribution in [0.3, 0.4) is 0 Å². The van der Waals surface area contributed by atoms with Crippen LogP contribution < -0.4 is 10.6 Å². The van der Waals surface area contributed by atoms with Crippen molar-refractivity contribution in [3.05, 3.63) is 30.3 Å². The van der Waals surface area contributed by atoms with Gasteiger partial charge >= 0.3 is 0 Å². The monoisotopic (exact) mass is 274 g/mol. The number of carbonyl (C=O) groups excluding carboxylic acids is 1. The standard InChI is InChI=1S/C17H26N2O/c1-12-8-7-11-16(13(12)2)18-14(3)17(20)19-15-9-5-4-6-10-15/h4-6,9-10,12-14,16,18H,7-8,11H2,1-3H3,(H,19,20). The first-order valence-corrected chi connectivity index (χ1v) is 7.70. The third-order valence-corrected chi connectivity index (χ3v) is 4.61. The van der Waals surface area contributed by atoms with Gasteiger partial charge in [0.25, 0.3) is 0 Å². The lowest BCUT2D eigenvalue weighted by atomic mass is 9.78. The predicted molar refractivity (Wildman–Crippen MR) is 83.6 cm³/mol. The Balaban J connectivity index is 1.87. The number of rotatable bonds is 4. The van der Waals surface area contributed by atoms with Gasteiger partial charge in [0.15, 0.2) is 0 Å². The summed E-state index contributed by atoms with van der Waals surface area (Å²) >= 11 is 0. The van der Waals surface area contributed by atoms with Gasteiger partial charge in [-0.15, -0.1) is 0 Å². The summed E-state index contributed by atoms with van der Waals surface area (Å²) < 4.78 is 0. The van der Waals surface area contributed by atoms with Crippen molar-refractivity contribution in [2.24, 2.45) is 11.8 Å². The SMILES string of the molecule is CC(NC1CCCC(C)C1C)C(=O)Nc1ccccc1. The summed E-state index contributed by atoms with van der Waals surface area (Å²) in [6.07, 6.45) is 3.74. The number of para-hydroxylation sites is 1. The quantitative estimate of drug-likeness (QED) is 0.883. The molecule has 0 radical (unpaired) electrons. The van der Waals surface area contributed by atoms with E-state index >= 15 is 0 Å². The van der Waals surface area contributed by atoms with E-state index in [4.69, 9.17) is 0 Å². The molecule has 4 atom stereocenters. The molecule has 2 rings (SSSR count). The van der Waals surface area contributed by atoms with Crippen LogP contribution in [0.15, 0.2) is 30.3 Å². The average Bonchev–Trinajstić information content (AvgIpc) is 2.45. The number of benzene rings is 1. The zero-order valence-corrected chi connectivity index (χ0v) is 12.7. The number of carbonyl (C=O) groups is 1. The Kier molecular flexibility index (Phi) is 5.18. The fourth-order valence-corrected chi connectivity index (χ4v) is 2.99. The molecule has 0 aliphatic heterocycles. The molecule has 0 saturated heterocycles. The molecule has 0 aromatic heterocycles. The normalized spacial score (nSPS) is 27.9. The molecule has 1 saturated carbocycles. The highest BCUT2D eigenvalue weighted by Crippen LogP contribution is 2.29. The van der Waals surface area contributed by atoms with Gasteiger partial charge in [0.1, 0.15) is 0 Å². The Hall–Kier alpha value is -1.35. The van der Waals surface area contributed by atoms with Crippen molar-refractivity contribution < 1.29 is 4.79 Å². The molecule has 4 unspecified atom stereocenters. The molecule has 110 valence electrons. The van der Waals surface area contributed by atoms with Crippen LogP contribution in [0, 0.1) is 11.8 Å². The van der Waals surface area contributed by atoms with Gasteiger partial charge in [0.2, 0.25) is 5.91 Å². The van der Waals surface area contributed by atoms with E-state index in [0.717, 1.165) is 11.6 Å². The first-order chi connectivity index (χ1) is 9.58. The van der Waals surface area contributed by atoms with Crippen molar-refractivity contribution in [3.8, 4) is 0 Å². The Bertz CT molecular complexity index is 432. The zero-order valence-electron chi connectivity index (χ0n) is 12.7. The minimum absolute atomic E-state index is 0.0432. The highest BCUT2D eigenvalue weighted by atomic mass is 16.2. The second-order valence-electron chi connectivity index (χ2n) is 6.12. The Morgan fingerprint density at radius 3 is 2.60 bits per heavy atom. The molecule has 1 aliphatic rings. The maximum atomic E-state index is 12.2. The second kappa shape index (κ2) is 6.89. The Labute approximate surface area is 122 Å². The van der Waals surface area contributed by atoms with Crippen LogP contribution in [0.25, 0.3) is 0 Å². The minimum Gasteiger partial charge on any atom is -0.325 e. The highest BCUT2D eigenvalue weighted by Gasteiger charge is 2.29. The molecule has 0 bridgehead atoms. The van der Waals surface area contributed by atoms with Gasteiger partial charge in [0.05, 0.1) is 6.04 Å². The van der Waals surface area contributed by atoms with Crippen molar-refractivity contribution in [2.45, 2.75) is 52.1 Å². The van der Waals surface area contributed by atoms with Crippen molar-refractivity contribution in [3.63, 3.8) is 0 Å². The van der Waals surface area contributed by atoms with E-state index in [0.29, 0.717) is 12.0 Å². The third kappa shape index (κ3) is 3.83. The topological polar surface area (TPSA) is 41.1 Å². The largest absolute Gasteiger partial charge is 0.325 e. The summed E-state index contributed by atoms with van der Waals surface area (Å²) in [7, 11) is 0. The predicted octanol–water partition coefficient (Wildman–Crippen LogP) is 3.43. The fourth-order valence-electron chi connectivity index (χ4n) is 2.99. The van der Waals surface area contributed by atoms with Crippen molar-refractivity contribution in [1.29, 1.82) is 0 Å². The maximum absolute atomic E-state index is 12.2.